The molecule has 1 aromatic carbocycles. The van der Waals surface area contributed by atoms with Gasteiger partial charge in [0.25, 0.3) is 0 Å². The van der Waals surface area contributed by atoms with Gasteiger partial charge in [0.05, 0.1) is 0 Å². The average molecular weight is 248 g/mol. The highest BCUT2D eigenvalue weighted by Gasteiger charge is 2.20. The van der Waals surface area contributed by atoms with E-state index in [1.807, 2.05) is 32.0 Å². The minimum absolute atomic E-state index is 0.271. The van der Waals surface area contributed by atoms with E-state index in [1.165, 1.54) is 32.1 Å². The van der Waals surface area contributed by atoms with Crippen molar-refractivity contribution in [2.75, 3.05) is 0 Å². The van der Waals surface area contributed by atoms with Crippen LogP contribution in [0.4, 0.5) is 0 Å². The lowest BCUT2D eigenvalue weighted by Crippen LogP contribution is -2.12. The van der Waals surface area contributed by atoms with Crippen molar-refractivity contribution in [2.24, 2.45) is 0 Å². The monoisotopic (exact) mass is 248 g/mol. The zero-order valence-corrected chi connectivity index (χ0v) is 11.5. The van der Waals surface area contributed by atoms with Crippen LogP contribution < -0.4 is 0 Å². The maximum atomic E-state index is 12.3. The second kappa shape index (κ2) is 5.72. The highest BCUT2D eigenvalue weighted by Crippen LogP contribution is 2.31. The molecule has 1 aromatic rings. The first kappa shape index (κ1) is 12.7. The molecule has 2 heteroatoms. The summed E-state index contributed by atoms with van der Waals surface area (Å²) in [6.07, 6.45) is 6.34. The molecule has 0 saturated heterocycles. The van der Waals surface area contributed by atoms with Crippen molar-refractivity contribution in [1.29, 1.82) is 0 Å². The predicted molar refractivity (Wildman–Crippen MR) is 74.7 cm³/mol. The molecule has 1 saturated carbocycles. The van der Waals surface area contributed by atoms with Crippen molar-refractivity contribution in [3.8, 4) is 0 Å². The van der Waals surface area contributed by atoms with E-state index in [1.54, 1.807) is 11.8 Å². The van der Waals surface area contributed by atoms with Crippen LogP contribution >= 0.6 is 11.8 Å². The fourth-order valence-electron chi connectivity index (χ4n) is 2.53. The molecule has 1 aliphatic carbocycles. The number of hydrogen-bond donors (Lipinski definition) is 0. The molecule has 1 fully saturated rings. The molecule has 17 heavy (non-hydrogen) atoms. The van der Waals surface area contributed by atoms with Crippen molar-refractivity contribution in [3.63, 3.8) is 0 Å². The lowest BCUT2D eigenvalue weighted by atomic mass is 10.0. The fraction of sp³-hybridized carbons (Fsp3) is 0.533. The van der Waals surface area contributed by atoms with E-state index in [9.17, 15) is 4.79 Å². The molecule has 0 atom stereocenters. The van der Waals surface area contributed by atoms with Gasteiger partial charge in [-0.1, -0.05) is 49.2 Å². The molecule has 2 rings (SSSR count). The van der Waals surface area contributed by atoms with Gasteiger partial charge in [-0.2, -0.15) is 0 Å². The Kier molecular flexibility index (Phi) is 4.27. The molecule has 0 unspecified atom stereocenters. The summed E-state index contributed by atoms with van der Waals surface area (Å²) < 4.78 is 0. The summed E-state index contributed by atoms with van der Waals surface area (Å²) in [4.78, 5) is 12.3. The smallest absolute Gasteiger partial charge is 0.220 e. The molecule has 92 valence electrons. The van der Waals surface area contributed by atoms with E-state index in [-0.39, 0.29) is 5.12 Å². The summed E-state index contributed by atoms with van der Waals surface area (Å²) in [7, 11) is 0. The van der Waals surface area contributed by atoms with Crippen molar-refractivity contribution >= 4 is 16.9 Å². The van der Waals surface area contributed by atoms with Gasteiger partial charge in [0.1, 0.15) is 0 Å². The molecular weight excluding hydrogens is 228 g/mol. The third kappa shape index (κ3) is 3.12. The van der Waals surface area contributed by atoms with Crippen LogP contribution in [0.1, 0.15) is 53.6 Å². The first-order valence-electron chi connectivity index (χ1n) is 6.45. The van der Waals surface area contributed by atoms with E-state index >= 15 is 0 Å². The van der Waals surface area contributed by atoms with Crippen molar-refractivity contribution in [2.45, 2.75) is 51.2 Å². The van der Waals surface area contributed by atoms with Gasteiger partial charge in [0, 0.05) is 10.8 Å². The number of carbonyl (C=O) groups is 1. The summed E-state index contributed by atoms with van der Waals surface area (Å²) in [5.41, 5.74) is 3.15. The zero-order valence-electron chi connectivity index (χ0n) is 10.7. The van der Waals surface area contributed by atoms with Gasteiger partial charge in [0.15, 0.2) is 0 Å². The lowest BCUT2D eigenvalue weighted by molar-refractivity contribution is 0.108. The first-order chi connectivity index (χ1) is 8.18. The maximum Gasteiger partial charge on any atom is 0.220 e. The van der Waals surface area contributed by atoms with E-state index in [2.05, 4.69) is 0 Å². The molecule has 0 N–H and O–H groups in total. The van der Waals surface area contributed by atoms with Gasteiger partial charge in [-0.3, -0.25) is 4.79 Å². The minimum atomic E-state index is 0.271. The molecule has 0 radical (unpaired) electrons. The van der Waals surface area contributed by atoms with Crippen LogP contribution in [-0.4, -0.2) is 10.4 Å². The number of benzene rings is 1. The molecule has 0 spiro atoms. The Morgan fingerprint density at radius 2 is 1.71 bits per heavy atom. The van der Waals surface area contributed by atoms with Gasteiger partial charge in [-0.05, 0) is 37.8 Å². The maximum absolute atomic E-state index is 12.3. The largest absolute Gasteiger partial charge is 0.282 e. The molecule has 0 bridgehead atoms. The van der Waals surface area contributed by atoms with Crippen LogP contribution in [0.2, 0.25) is 0 Å². The molecule has 1 aliphatic rings. The normalized spacial score (nSPS) is 17.1. The van der Waals surface area contributed by atoms with E-state index in [0.29, 0.717) is 5.25 Å². The molecule has 0 aromatic heterocycles. The van der Waals surface area contributed by atoms with Crippen molar-refractivity contribution in [3.05, 3.63) is 34.9 Å². The Labute approximate surface area is 108 Å². The van der Waals surface area contributed by atoms with Crippen LogP contribution in [0.15, 0.2) is 18.2 Å². The summed E-state index contributed by atoms with van der Waals surface area (Å²) in [5.74, 6) is 0. The van der Waals surface area contributed by atoms with E-state index in [4.69, 9.17) is 0 Å². The standard InChI is InChI=1S/C15H20OS/c1-11-7-6-8-12(2)14(11)15(16)17-13-9-4-3-5-10-13/h6-8,13H,3-5,9-10H2,1-2H3. The molecule has 0 heterocycles. The Morgan fingerprint density at radius 1 is 1.12 bits per heavy atom. The number of rotatable bonds is 2. The summed E-state index contributed by atoms with van der Waals surface area (Å²) in [5, 5.41) is 0.822. The van der Waals surface area contributed by atoms with Gasteiger partial charge in [0.2, 0.25) is 5.12 Å². The Morgan fingerprint density at radius 3 is 2.29 bits per heavy atom. The van der Waals surface area contributed by atoms with Gasteiger partial charge < -0.3 is 0 Å². The Balaban J connectivity index is 2.08. The molecular formula is C15H20OS. The summed E-state index contributed by atoms with van der Waals surface area (Å²) >= 11 is 1.56. The van der Waals surface area contributed by atoms with Crippen LogP contribution in [0.3, 0.4) is 0 Å². The number of hydrogen-bond acceptors (Lipinski definition) is 2. The van der Waals surface area contributed by atoms with E-state index < -0.39 is 0 Å². The third-order valence-corrected chi connectivity index (χ3v) is 4.73. The summed E-state index contributed by atoms with van der Waals surface area (Å²) in [6, 6.07) is 6.08. The third-order valence-electron chi connectivity index (χ3n) is 3.51. The second-order valence-electron chi connectivity index (χ2n) is 4.93. The van der Waals surface area contributed by atoms with Gasteiger partial charge >= 0.3 is 0 Å². The van der Waals surface area contributed by atoms with Crippen LogP contribution in [0.5, 0.6) is 0 Å². The van der Waals surface area contributed by atoms with Crippen molar-refractivity contribution < 1.29 is 4.79 Å². The lowest BCUT2D eigenvalue weighted by Gasteiger charge is -2.20. The molecule has 0 amide bonds. The van der Waals surface area contributed by atoms with Gasteiger partial charge in [-0.15, -0.1) is 0 Å². The minimum Gasteiger partial charge on any atom is -0.282 e. The fourth-order valence-corrected chi connectivity index (χ4v) is 3.84. The quantitative estimate of drug-likeness (QED) is 0.766. The Bertz CT molecular complexity index is 385. The van der Waals surface area contributed by atoms with Crippen molar-refractivity contribution in [1.82, 2.24) is 0 Å². The van der Waals surface area contributed by atoms with Crippen LogP contribution in [-0.2, 0) is 0 Å². The first-order valence-corrected chi connectivity index (χ1v) is 7.33. The van der Waals surface area contributed by atoms with Gasteiger partial charge in [-0.25, -0.2) is 0 Å². The predicted octanol–water partition coefficient (Wildman–Crippen LogP) is 4.51. The number of thioether (sulfide) groups is 1. The SMILES string of the molecule is Cc1cccc(C)c1C(=O)SC1CCCCC1. The van der Waals surface area contributed by atoms with Crippen LogP contribution in [0.25, 0.3) is 0 Å². The Hall–Kier alpha value is -0.760. The van der Waals surface area contributed by atoms with Crippen LogP contribution in [0, 0.1) is 13.8 Å². The highest BCUT2D eigenvalue weighted by atomic mass is 32.2. The topological polar surface area (TPSA) is 17.1 Å². The number of carbonyl (C=O) groups excluding carboxylic acids is 1. The highest BCUT2D eigenvalue weighted by molar-refractivity contribution is 8.14. The molecule has 0 aliphatic heterocycles. The zero-order chi connectivity index (χ0) is 12.3. The second-order valence-corrected chi connectivity index (χ2v) is 6.21. The average Bonchev–Trinajstić information content (AvgIpc) is 2.30. The van der Waals surface area contributed by atoms with E-state index in [0.717, 1.165) is 16.7 Å². The summed E-state index contributed by atoms with van der Waals surface area (Å²) in [6.45, 7) is 4.06. The number of aryl methyl sites for hydroxylation is 2. The molecule has 1 nitrogen and oxygen atoms in total.